The molecule has 0 fully saturated rings. The molecule has 0 spiro atoms. The molecule has 94 valence electrons. The van der Waals surface area contributed by atoms with Crippen LogP contribution in [-0.2, 0) is 4.79 Å². The van der Waals surface area contributed by atoms with Crippen LogP contribution in [0.15, 0.2) is 6.20 Å². The monoisotopic (exact) mass is 257 g/mol. The number of carbonyl (C=O) groups is 1. The average Bonchev–Trinajstić information content (AvgIpc) is 2.20. The van der Waals surface area contributed by atoms with E-state index in [2.05, 4.69) is 15.3 Å². The molecule has 1 rings (SSSR count). The lowest BCUT2D eigenvalue weighted by molar-refractivity contribution is -0.120. The number of anilines is 2. The summed E-state index contributed by atoms with van der Waals surface area (Å²) in [5, 5.41) is 3.14. The van der Waals surface area contributed by atoms with E-state index >= 15 is 0 Å². The lowest BCUT2D eigenvalue weighted by Crippen LogP contribution is -2.39. The van der Waals surface area contributed by atoms with Crippen molar-refractivity contribution in [3.05, 3.63) is 11.2 Å². The molecular weight excluding hydrogens is 242 g/mol. The first kappa shape index (κ1) is 13.5. The minimum Gasteiger partial charge on any atom is -0.368 e. The maximum absolute atomic E-state index is 11.6. The second kappa shape index (κ2) is 5.67. The van der Waals surface area contributed by atoms with Crippen LogP contribution in [0.5, 0.6) is 0 Å². The summed E-state index contributed by atoms with van der Waals surface area (Å²) in [7, 11) is 1.72. The number of halogens is 1. The number of likely N-dealkylation sites (N-methyl/N-ethyl adjacent to an activating group) is 1. The molecule has 0 saturated carbocycles. The van der Waals surface area contributed by atoms with Crippen LogP contribution in [0.25, 0.3) is 0 Å². The Bertz CT molecular complexity index is 410. The molecule has 0 aliphatic heterocycles. The van der Waals surface area contributed by atoms with Crippen LogP contribution in [-0.4, -0.2) is 35.5 Å². The number of rotatable bonds is 4. The third-order valence-corrected chi connectivity index (χ3v) is 2.20. The van der Waals surface area contributed by atoms with E-state index in [1.165, 1.54) is 6.20 Å². The van der Waals surface area contributed by atoms with Gasteiger partial charge < -0.3 is 16.0 Å². The van der Waals surface area contributed by atoms with E-state index in [1.807, 2.05) is 13.8 Å². The summed E-state index contributed by atoms with van der Waals surface area (Å²) < 4.78 is 0. The number of nitrogens with one attached hydrogen (secondary N) is 1. The highest BCUT2D eigenvalue weighted by atomic mass is 35.5. The average molecular weight is 258 g/mol. The topological polar surface area (TPSA) is 84.1 Å². The van der Waals surface area contributed by atoms with Gasteiger partial charge in [-0.3, -0.25) is 4.79 Å². The van der Waals surface area contributed by atoms with E-state index in [0.29, 0.717) is 10.8 Å². The van der Waals surface area contributed by atoms with Gasteiger partial charge in [0.25, 0.3) is 0 Å². The Morgan fingerprint density at radius 3 is 2.88 bits per heavy atom. The fourth-order valence-electron chi connectivity index (χ4n) is 1.30. The minimum atomic E-state index is -0.101. The number of nitrogens with zero attached hydrogens (tertiary/aromatic N) is 3. The van der Waals surface area contributed by atoms with Crippen molar-refractivity contribution in [1.29, 1.82) is 0 Å². The number of hydrogen-bond donors (Lipinski definition) is 2. The van der Waals surface area contributed by atoms with Crippen molar-refractivity contribution < 1.29 is 4.79 Å². The molecule has 7 heteroatoms. The van der Waals surface area contributed by atoms with Crippen molar-refractivity contribution in [3.63, 3.8) is 0 Å². The number of aromatic nitrogens is 2. The van der Waals surface area contributed by atoms with Crippen LogP contribution in [0.1, 0.15) is 13.8 Å². The number of carbonyl (C=O) groups excluding carboxylic acids is 1. The van der Waals surface area contributed by atoms with Crippen LogP contribution >= 0.6 is 11.6 Å². The van der Waals surface area contributed by atoms with Gasteiger partial charge in [0, 0.05) is 13.1 Å². The van der Waals surface area contributed by atoms with E-state index in [1.54, 1.807) is 11.9 Å². The summed E-state index contributed by atoms with van der Waals surface area (Å²) in [5.41, 5.74) is 5.47. The summed E-state index contributed by atoms with van der Waals surface area (Å²) in [6, 6.07) is 0.0989. The molecular formula is C10H16ClN5O. The van der Waals surface area contributed by atoms with Crippen molar-refractivity contribution in [1.82, 2.24) is 15.3 Å². The maximum atomic E-state index is 11.6. The van der Waals surface area contributed by atoms with Crippen molar-refractivity contribution in [2.45, 2.75) is 19.9 Å². The molecule has 1 aromatic rings. The molecule has 0 saturated heterocycles. The molecule has 0 unspecified atom stereocenters. The predicted octanol–water partition coefficient (Wildman–Crippen LogP) is 0.673. The Kier molecular flexibility index (Phi) is 4.51. The van der Waals surface area contributed by atoms with Crippen molar-refractivity contribution in [2.75, 3.05) is 24.2 Å². The molecule has 17 heavy (non-hydrogen) atoms. The van der Waals surface area contributed by atoms with Crippen LogP contribution in [0.4, 0.5) is 11.8 Å². The van der Waals surface area contributed by atoms with Crippen molar-refractivity contribution in [3.8, 4) is 0 Å². The summed E-state index contributed by atoms with van der Waals surface area (Å²) in [6.07, 6.45) is 1.41. The second-order valence-corrected chi connectivity index (χ2v) is 4.39. The van der Waals surface area contributed by atoms with Gasteiger partial charge in [-0.2, -0.15) is 4.98 Å². The number of nitrogens with two attached hydrogens (primary N) is 1. The van der Waals surface area contributed by atoms with Gasteiger partial charge in [0.2, 0.25) is 11.9 Å². The number of nitrogen functional groups attached to an aromatic ring is 1. The van der Waals surface area contributed by atoms with Gasteiger partial charge in [0.1, 0.15) is 5.02 Å². The Labute approximate surface area is 105 Å². The zero-order valence-electron chi connectivity index (χ0n) is 10.1. The van der Waals surface area contributed by atoms with Gasteiger partial charge in [0.05, 0.1) is 12.7 Å². The molecule has 1 amide bonds. The first-order valence-corrected chi connectivity index (χ1v) is 5.56. The quantitative estimate of drug-likeness (QED) is 0.828. The molecule has 0 aliphatic carbocycles. The zero-order valence-corrected chi connectivity index (χ0v) is 10.8. The fraction of sp³-hybridized carbons (Fsp3) is 0.500. The summed E-state index contributed by atoms with van der Waals surface area (Å²) in [4.78, 5) is 20.9. The molecule has 0 aromatic carbocycles. The van der Waals surface area contributed by atoms with Crippen LogP contribution in [0.2, 0.25) is 5.02 Å². The maximum Gasteiger partial charge on any atom is 0.239 e. The van der Waals surface area contributed by atoms with E-state index in [9.17, 15) is 4.79 Å². The normalized spacial score (nSPS) is 10.4. The van der Waals surface area contributed by atoms with Gasteiger partial charge in [-0.05, 0) is 13.8 Å². The fourth-order valence-corrected chi connectivity index (χ4v) is 1.53. The van der Waals surface area contributed by atoms with E-state index < -0.39 is 0 Å². The highest BCUT2D eigenvalue weighted by Crippen LogP contribution is 2.21. The summed E-state index contributed by atoms with van der Waals surface area (Å²) in [5.74, 6) is 0.467. The minimum absolute atomic E-state index is 0.0989. The first-order valence-electron chi connectivity index (χ1n) is 5.18. The van der Waals surface area contributed by atoms with Gasteiger partial charge in [-0.25, -0.2) is 4.98 Å². The molecule has 1 heterocycles. The van der Waals surface area contributed by atoms with Crippen LogP contribution in [0.3, 0.4) is 0 Å². The third-order valence-electron chi connectivity index (χ3n) is 1.94. The Morgan fingerprint density at radius 2 is 2.29 bits per heavy atom. The summed E-state index contributed by atoms with van der Waals surface area (Å²) >= 11 is 5.93. The number of hydrogen-bond acceptors (Lipinski definition) is 5. The first-order chi connectivity index (χ1) is 7.90. The van der Waals surface area contributed by atoms with Crippen LogP contribution < -0.4 is 16.0 Å². The molecule has 3 N–H and O–H groups in total. The molecule has 6 nitrogen and oxygen atoms in total. The second-order valence-electron chi connectivity index (χ2n) is 3.98. The number of amides is 1. The largest absolute Gasteiger partial charge is 0.368 e. The Morgan fingerprint density at radius 1 is 1.65 bits per heavy atom. The van der Waals surface area contributed by atoms with E-state index in [0.717, 1.165) is 0 Å². The van der Waals surface area contributed by atoms with Gasteiger partial charge in [0.15, 0.2) is 5.82 Å². The molecule has 0 radical (unpaired) electrons. The molecule has 0 aliphatic rings. The highest BCUT2D eigenvalue weighted by molar-refractivity contribution is 6.32. The summed E-state index contributed by atoms with van der Waals surface area (Å²) in [6.45, 7) is 3.95. The van der Waals surface area contributed by atoms with E-state index in [4.69, 9.17) is 17.3 Å². The standard InChI is InChI=1S/C10H16ClN5O/c1-6(2)14-8(17)5-16(3)9-7(11)4-13-10(12)15-9/h4,6H,5H2,1-3H3,(H,14,17)(H2,12,13,15). The molecule has 1 aromatic heterocycles. The lowest BCUT2D eigenvalue weighted by Gasteiger charge is -2.19. The van der Waals surface area contributed by atoms with Crippen LogP contribution in [0, 0.1) is 0 Å². The zero-order chi connectivity index (χ0) is 13.0. The predicted molar refractivity (Wildman–Crippen MR) is 68.0 cm³/mol. The molecule has 0 atom stereocenters. The Balaban J connectivity index is 2.72. The highest BCUT2D eigenvalue weighted by Gasteiger charge is 2.13. The smallest absolute Gasteiger partial charge is 0.239 e. The van der Waals surface area contributed by atoms with Crippen molar-refractivity contribution in [2.24, 2.45) is 0 Å². The van der Waals surface area contributed by atoms with Crippen molar-refractivity contribution >= 4 is 29.3 Å². The lowest BCUT2D eigenvalue weighted by atomic mass is 10.4. The van der Waals surface area contributed by atoms with Gasteiger partial charge in [-0.15, -0.1) is 0 Å². The Hall–Kier alpha value is -1.56. The van der Waals surface area contributed by atoms with E-state index in [-0.39, 0.29) is 24.4 Å². The molecule has 0 bridgehead atoms. The third kappa shape index (κ3) is 4.07. The van der Waals surface area contributed by atoms with Gasteiger partial charge in [-0.1, -0.05) is 11.6 Å². The van der Waals surface area contributed by atoms with Gasteiger partial charge >= 0.3 is 0 Å². The SMILES string of the molecule is CC(C)NC(=O)CN(C)c1nc(N)ncc1Cl.